The van der Waals surface area contributed by atoms with Gasteiger partial charge in [-0.15, -0.1) is 6.42 Å². The van der Waals surface area contributed by atoms with Crippen LogP contribution in [0.2, 0.25) is 0 Å². The number of allylic oxidation sites excluding steroid dienone is 2. The fourth-order valence-electron chi connectivity index (χ4n) is 6.70. The maximum Gasteiger partial charge on any atom is 0.305 e. The van der Waals surface area contributed by atoms with Crippen LogP contribution in [-0.2, 0) is 16.0 Å². The predicted octanol–water partition coefficient (Wildman–Crippen LogP) is 6.83. The van der Waals surface area contributed by atoms with E-state index in [1.54, 1.807) is 0 Å². The van der Waals surface area contributed by atoms with Crippen molar-refractivity contribution in [3.05, 3.63) is 68.8 Å². The van der Waals surface area contributed by atoms with Crippen LogP contribution < -0.4 is 0 Å². The van der Waals surface area contributed by atoms with Gasteiger partial charge in [-0.1, -0.05) is 19.8 Å². The Kier molecular flexibility index (Phi) is 6.45. The maximum absolute atomic E-state index is 13.4. The summed E-state index contributed by atoms with van der Waals surface area (Å²) in [6.07, 6.45) is 7.97. The summed E-state index contributed by atoms with van der Waals surface area (Å²) >= 11 is 0. The Morgan fingerprint density at radius 1 is 1.07 bits per heavy atom. The second-order valence-electron chi connectivity index (χ2n) is 11.3. The zero-order chi connectivity index (χ0) is 29.2. The summed E-state index contributed by atoms with van der Waals surface area (Å²) in [7, 11) is 1.41. The summed E-state index contributed by atoms with van der Waals surface area (Å²) in [6.45, 7) is 10.4. The van der Waals surface area contributed by atoms with Gasteiger partial charge < -0.3 is 14.7 Å². The SMILES string of the molecule is C#Cc1c(C)c2cc3nc(c4c5[nH]c(cc6nc(cc1[nH]2)C(C)=C6CC)c(C)c5C(=O)C4)[C@@H](CCC(=O)OC)[C@@H]3C. The minimum absolute atomic E-state index is 0.0248. The fourth-order valence-corrected chi connectivity index (χ4v) is 6.70. The molecule has 2 aliphatic heterocycles. The first-order valence-electron chi connectivity index (χ1n) is 14.2. The molecular formula is C34H34N4O3. The lowest BCUT2D eigenvalue weighted by atomic mass is 9.85. The lowest BCUT2D eigenvalue weighted by Gasteiger charge is -2.16. The van der Waals surface area contributed by atoms with Crippen LogP contribution in [0.25, 0.3) is 33.2 Å². The van der Waals surface area contributed by atoms with Crippen LogP contribution in [0, 0.1) is 26.2 Å². The standard InChI is InChI=1S/C34H34N4O3/c1-8-20-16(3)24-13-26-18(5)22(10-11-31(40)41-7)33(37-26)23-12-30(39)32-19(6)27(38-34(23)32)15-29-21(9-2)17(4)25(36-29)14-28(20)35-24/h1,13-15,18,22,35,38H,9-12H2,2-7H3/t18-,22-/m0/s1. The van der Waals surface area contributed by atoms with E-state index in [1.165, 1.54) is 12.7 Å². The third-order valence-corrected chi connectivity index (χ3v) is 9.13. The van der Waals surface area contributed by atoms with E-state index in [1.807, 2.05) is 19.9 Å². The van der Waals surface area contributed by atoms with Crippen molar-refractivity contribution in [1.82, 2.24) is 19.9 Å². The highest BCUT2D eigenvalue weighted by atomic mass is 16.5. The van der Waals surface area contributed by atoms with Crippen LogP contribution in [0.1, 0.15) is 107 Å². The Balaban J connectivity index is 1.75. The number of fused-ring (bicyclic) bond motifs is 8. The Morgan fingerprint density at radius 2 is 1.80 bits per heavy atom. The highest BCUT2D eigenvalue weighted by Crippen LogP contribution is 2.44. The molecule has 3 aliphatic rings. The van der Waals surface area contributed by atoms with Crippen LogP contribution >= 0.6 is 0 Å². The fraction of sp³-hybridized carbons (Fsp3) is 0.353. The van der Waals surface area contributed by atoms with Crippen molar-refractivity contribution < 1.29 is 14.3 Å². The van der Waals surface area contributed by atoms with Gasteiger partial charge in [0, 0.05) is 52.5 Å². The highest BCUT2D eigenvalue weighted by molar-refractivity contribution is 6.13. The molecule has 1 aliphatic carbocycles. The number of hydrogen-bond acceptors (Lipinski definition) is 5. The zero-order valence-electron chi connectivity index (χ0n) is 24.4. The molecule has 7 nitrogen and oxygen atoms in total. The summed E-state index contributed by atoms with van der Waals surface area (Å²) in [5.41, 5.74) is 13.6. The Bertz CT molecular complexity index is 1900. The minimum atomic E-state index is -0.254. The average Bonchev–Trinajstić information content (AvgIpc) is 3.70. The summed E-state index contributed by atoms with van der Waals surface area (Å²) in [5.74, 6) is 2.69. The molecule has 0 radical (unpaired) electrons. The van der Waals surface area contributed by atoms with Gasteiger partial charge in [0.05, 0.1) is 40.8 Å². The molecule has 0 aromatic carbocycles. The maximum atomic E-state index is 13.4. The number of ketones is 1. The number of H-pyrrole nitrogens is 2. The van der Waals surface area contributed by atoms with E-state index in [0.717, 1.165) is 84.7 Å². The molecule has 7 heteroatoms. The van der Waals surface area contributed by atoms with E-state index in [0.29, 0.717) is 6.42 Å². The van der Waals surface area contributed by atoms with Gasteiger partial charge in [-0.05, 0) is 74.1 Å². The average molecular weight is 547 g/mol. The van der Waals surface area contributed by atoms with Crippen LogP contribution in [0.5, 0.6) is 0 Å². The number of esters is 1. The van der Waals surface area contributed by atoms with E-state index in [-0.39, 0.29) is 36.4 Å². The van der Waals surface area contributed by atoms with Crippen LogP contribution in [-0.4, -0.2) is 38.8 Å². The number of rotatable bonds is 4. The molecule has 0 amide bonds. The van der Waals surface area contributed by atoms with Crippen molar-refractivity contribution in [2.75, 3.05) is 7.11 Å². The van der Waals surface area contributed by atoms with Crippen molar-refractivity contribution in [2.45, 2.75) is 72.1 Å². The second-order valence-corrected chi connectivity index (χ2v) is 11.3. The Morgan fingerprint density at radius 3 is 2.51 bits per heavy atom. The van der Waals surface area contributed by atoms with Gasteiger partial charge in [-0.3, -0.25) is 14.6 Å². The zero-order valence-corrected chi connectivity index (χ0v) is 24.4. The minimum Gasteiger partial charge on any atom is -0.469 e. The molecule has 0 fully saturated rings. The number of aromatic amines is 2. The van der Waals surface area contributed by atoms with Crippen molar-refractivity contribution in [3.8, 4) is 12.3 Å². The number of nitrogens with zero attached hydrogens (tertiary/aromatic N) is 2. The number of nitrogens with one attached hydrogen (secondary N) is 2. The number of hydrogen-bond donors (Lipinski definition) is 2. The van der Waals surface area contributed by atoms with E-state index in [9.17, 15) is 9.59 Å². The quantitative estimate of drug-likeness (QED) is 0.276. The molecular weight excluding hydrogens is 512 g/mol. The van der Waals surface area contributed by atoms with Crippen LogP contribution in [0.4, 0.5) is 0 Å². The normalized spacial score (nSPS) is 17.7. The van der Waals surface area contributed by atoms with Gasteiger partial charge in [-0.2, -0.15) is 0 Å². The second kappa shape index (κ2) is 9.88. The first-order valence-corrected chi connectivity index (χ1v) is 14.2. The lowest BCUT2D eigenvalue weighted by molar-refractivity contribution is -0.140. The van der Waals surface area contributed by atoms with E-state index in [2.05, 4.69) is 48.8 Å². The Labute approximate surface area is 239 Å². The summed E-state index contributed by atoms with van der Waals surface area (Å²) in [6, 6.07) is 6.15. The molecule has 0 unspecified atom stereocenters. The van der Waals surface area contributed by atoms with Crippen LogP contribution in [0.3, 0.4) is 0 Å². The molecule has 8 bridgehead atoms. The molecule has 5 heterocycles. The summed E-state index contributed by atoms with van der Waals surface area (Å²) < 4.78 is 4.95. The largest absolute Gasteiger partial charge is 0.469 e. The van der Waals surface area contributed by atoms with Gasteiger partial charge >= 0.3 is 5.97 Å². The lowest BCUT2D eigenvalue weighted by Crippen LogP contribution is -2.09. The number of aromatic nitrogens is 4. The number of methoxy groups -OCH3 is 1. The van der Waals surface area contributed by atoms with Gasteiger partial charge in [0.15, 0.2) is 5.78 Å². The smallest absolute Gasteiger partial charge is 0.305 e. The molecule has 208 valence electrons. The molecule has 0 saturated carbocycles. The molecule has 6 rings (SSSR count). The number of carbonyl (C=O) groups excluding carboxylic acids is 2. The number of terminal acetylenes is 1. The Hall–Kier alpha value is -4.44. The molecule has 0 saturated heterocycles. The monoisotopic (exact) mass is 546 g/mol. The number of carbonyl (C=O) groups is 2. The van der Waals surface area contributed by atoms with E-state index in [4.69, 9.17) is 21.1 Å². The first kappa shape index (κ1) is 26.8. The van der Waals surface area contributed by atoms with Crippen molar-refractivity contribution >= 4 is 45.0 Å². The third kappa shape index (κ3) is 4.12. The number of Topliss-reactive ketones (excluding diaryl/α,β-unsaturated/α-hetero) is 1. The molecule has 41 heavy (non-hydrogen) atoms. The summed E-state index contributed by atoms with van der Waals surface area (Å²) in [4.78, 5) is 42.9. The van der Waals surface area contributed by atoms with Crippen molar-refractivity contribution in [2.24, 2.45) is 0 Å². The first-order chi connectivity index (χ1) is 19.7. The van der Waals surface area contributed by atoms with Crippen molar-refractivity contribution in [1.29, 1.82) is 0 Å². The van der Waals surface area contributed by atoms with Crippen molar-refractivity contribution in [3.63, 3.8) is 0 Å². The van der Waals surface area contributed by atoms with Gasteiger partial charge in [-0.25, -0.2) is 4.98 Å². The van der Waals surface area contributed by atoms with E-state index < -0.39 is 0 Å². The molecule has 2 atom stereocenters. The van der Waals surface area contributed by atoms with E-state index >= 15 is 0 Å². The van der Waals surface area contributed by atoms with Gasteiger partial charge in [0.1, 0.15) is 0 Å². The highest BCUT2D eigenvalue weighted by Gasteiger charge is 2.36. The topological polar surface area (TPSA) is 101 Å². The van der Waals surface area contributed by atoms with Gasteiger partial charge in [0.2, 0.25) is 0 Å². The molecule has 2 N–H and O–H groups in total. The molecule has 3 aromatic rings. The molecule has 0 spiro atoms. The number of aryl methyl sites for hydroxylation is 2. The molecule has 3 aromatic heterocycles. The van der Waals surface area contributed by atoms with Gasteiger partial charge in [0.25, 0.3) is 0 Å². The summed E-state index contributed by atoms with van der Waals surface area (Å²) in [5, 5.41) is 0. The number of ether oxygens (including phenoxy) is 1. The predicted molar refractivity (Wildman–Crippen MR) is 162 cm³/mol. The van der Waals surface area contributed by atoms with Crippen LogP contribution in [0.15, 0.2) is 18.2 Å². The third-order valence-electron chi connectivity index (χ3n) is 9.13.